The summed E-state index contributed by atoms with van der Waals surface area (Å²) in [6.45, 7) is 12.7. The fourth-order valence-electron chi connectivity index (χ4n) is 5.32. The van der Waals surface area contributed by atoms with E-state index in [0.717, 1.165) is 69.9 Å². The highest BCUT2D eigenvalue weighted by molar-refractivity contribution is 5.94. The highest BCUT2D eigenvalue weighted by atomic mass is 16.2. The Kier molecular flexibility index (Phi) is 9.37. The van der Waals surface area contributed by atoms with E-state index in [0.29, 0.717) is 5.92 Å². The molecule has 1 saturated heterocycles. The number of anilines is 1. The molecule has 1 fully saturated rings. The van der Waals surface area contributed by atoms with Gasteiger partial charge in [-0.1, -0.05) is 55.0 Å². The molecule has 1 heterocycles. The Labute approximate surface area is 220 Å². The quantitative estimate of drug-likeness (QED) is 0.430. The fraction of sp³-hybridized carbons (Fsp3) is 0.452. The van der Waals surface area contributed by atoms with Crippen molar-refractivity contribution in [2.75, 3.05) is 51.1 Å². The predicted octanol–water partition coefficient (Wildman–Crippen LogP) is 5.98. The van der Waals surface area contributed by atoms with Gasteiger partial charge in [0.25, 0.3) is 5.91 Å². The van der Waals surface area contributed by atoms with Crippen molar-refractivity contribution in [1.82, 2.24) is 15.1 Å². The summed E-state index contributed by atoms with van der Waals surface area (Å²) in [6.07, 6.45) is 9.14. The molecular weight excluding hydrogens is 444 g/mol. The summed E-state index contributed by atoms with van der Waals surface area (Å²) < 4.78 is 0. The van der Waals surface area contributed by atoms with E-state index in [-0.39, 0.29) is 14.8 Å². The number of amides is 1. The van der Waals surface area contributed by atoms with E-state index in [1.54, 1.807) is 0 Å². The molecule has 0 saturated carbocycles. The van der Waals surface area contributed by atoms with Gasteiger partial charge in [0.15, 0.2) is 0 Å². The minimum absolute atomic E-state index is 0. The molecule has 5 heteroatoms. The number of allylic oxidation sites excluding steroid dienone is 3. The van der Waals surface area contributed by atoms with Gasteiger partial charge in [0.05, 0.1) is 6.04 Å². The molecule has 5 nitrogen and oxygen atoms in total. The zero-order valence-electron chi connectivity index (χ0n) is 22.2. The molecule has 1 aliphatic carbocycles. The molecule has 2 aromatic carbocycles. The van der Waals surface area contributed by atoms with Crippen LogP contribution >= 0.6 is 0 Å². The Morgan fingerprint density at radius 3 is 2.56 bits per heavy atom. The van der Waals surface area contributed by atoms with Crippen LogP contribution in [0.25, 0.3) is 0 Å². The first-order chi connectivity index (χ1) is 17.6. The van der Waals surface area contributed by atoms with E-state index in [2.05, 4.69) is 77.1 Å². The van der Waals surface area contributed by atoms with Crippen molar-refractivity contribution in [2.45, 2.75) is 39.7 Å². The SMILES string of the molecule is CCN(CC)C(=O)c1ccc([C@H](c2cccc(NCCC3=CC(C)CC=C3)c2)N2CCNCC2)cc1.[HH].[HH]. The van der Waals surface area contributed by atoms with Crippen LogP contribution in [0.15, 0.2) is 72.3 Å². The van der Waals surface area contributed by atoms with E-state index in [9.17, 15) is 4.79 Å². The van der Waals surface area contributed by atoms with Crippen LogP contribution in [0.3, 0.4) is 0 Å². The fourth-order valence-corrected chi connectivity index (χ4v) is 5.32. The van der Waals surface area contributed by atoms with Gasteiger partial charge in [-0.25, -0.2) is 0 Å². The molecule has 2 N–H and O–H groups in total. The molecule has 0 spiro atoms. The number of hydrogen-bond acceptors (Lipinski definition) is 4. The van der Waals surface area contributed by atoms with Crippen molar-refractivity contribution >= 4 is 11.6 Å². The van der Waals surface area contributed by atoms with Crippen LogP contribution < -0.4 is 10.6 Å². The highest BCUT2D eigenvalue weighted by Crippen LogP contribution is 2.31. The summed E-state index contributed by atoms with van der Waals surface area (Å²) in [7, 11) is 0. The van der Waals surface area contributed by atoms with Gasteiger partial charge in [-0.15, -0.1) is 0 Å². The van der Waals surface area contributed by atoms with E-state index in [4.69, 9.17) is 0 Å². The smallest absolute Gasteiger partial charge is 0.253 e. The summed E-state index contributed by atoms with van der Waals surface area (Å²) >= 11 is 0. The number of benzene rings is 2. The molecule has 2 aromatic rings. The maximum Gasteiger partial charge on any atom is 0.253 e. The lowest BCUT2D eigenvalue weighted by Gasteiger charge is -2.36. The van der Waals surface area contributed by atoms with Crippen LogP contribution in [0.1, 0.15) is 64.0 Å². The summed E-state index contributed by atoms with van der Waals surface area (Å²) in [4.78, 5) is 17.3. The average molecular weight is 491 g/mol. The van der Waals surface area contributed by atoms with Gasteiger partial charge >= 0.3 is 0 Å². The molecule has 0 radical (unpaired) electrons. The van der Waals surface area contributed by atoms with Gasteiger partial charge < -0.3 is 15.5 Å². The number of carbonyl (C=O) groups is 1. The van der Waals surface area contributed by atoms with Crippen molar-refractivity contribution in [3.8, 4) is 0 Å². The van der Waals surface area contributed by atoms with Crippen molar-refractivity contribution in [2.24, 2.45) is 5.92 Å². The maximum atomic E-state index is 12.8. The maximum absolute atomic E-state index is 12.8. The molecule has 196 valence electrons. The minimum atomic E-state index is 0. The van der Waals surface area contributed by atoms with Crippen molar-refractivity contribution < 1.29 is 7.65 Å². The van der Waals surface area contributed by atoms with Crippen LogP contribution in [0.2, 0.25) is 0 Å². The standard InChI is InChI=1S/C31H42N4O.2H2/c1-4-34(5-2)31(36)27-14-12-26(13-15-27)30(35-20-18-32-19-21-35)28-10-7-11-29(23-28)33-17-16-25-9-6-8-24(3)22-25;;/h6-7,9-15,22-24,30,32-33H,4-5,8,16-21H2,1-3H3;2*1H/t24?,30-;;/m1../s1. The van der Waals surface area contributed by atoms with Gasteiger partial charge in [-0.2, -0.15) is 0 Å². The summed E-state index contributed by atoms with van der Waals surface area (Å²) in [5.41, 5.74) is 5.87. The third kappa shape index (κ3) is 6.65. The first-order valence-corrected chi connectivity index (χ1v) is 13.6. The van der Waals surface area contributed by atoms with Crippen molar-refractivity contribution in [3.63, 3.8) is 0 Å². The second kappa shape index (κ2) is 12.9. The van der Waals surface area contributed by atoms with E-state index in [1.165, 1.54) is 16.7 Å². The number of hydrogen-bond donors (Lipinski definition) is 2. The number of nitrogens with one attached hydrogen (secondary N) is 2. The normalized spacial score (nSPS) is 19.0. The largest absolute Gasteiger partial charge is 0.385 e. The molecule has 2 aliphatic rings. The van der Waals surface area contributed by atoms with Gasteiger partial charge in [0.2, 0.25) is 0 Å². The number of piperazine rings is 1. The molecule has 1 amide bonds. The molecule has 36 heavy (non-hydrogen) atoms. The predicted molar refractivity (Wildman–Crippen MR) is 155 cm³/mol. The third-order valence-corrected chi connectivity index (χ3v) is 7.32. The number of nitrogens with zero attached hydrogens (tertiary/aromatic N) is 2. The van der Waals surface area contributed by atoms with Gasteiger partial charge in [0.1, 0.15) is 0 Å². The summed E-state index contributed by atoms with van der Waals surface area (Å²) in [6, 6.07) is 17.3. The van der Waals surface area contributed by atoms with Crippen molar-refractivity contribution in [3.05, 3.63) is 89.0 Å². The summed E-state index contributed by atoms with van der Waals surface area (Å²) in [5.74, 6) is 0.746. The zero-order chi connectivity index (χ0) is 25.3. The Morgan fingerprint density at radius 1 is 1.11 bits per heavy atom. The third-order valence-electron chi connectivity index (χ3n) is 7.32. The van der Waals surface area contributed by atoms with Crippen LogP contribution in [-0.2, 0) is 0 Å². The van der Waals surface area contributed by atoms with Crippen LogP contribution in [0, 0.1) is 5.92 Å². The second-order valence-electron chi connectivity index (χ2n) is 9.95. The van der Waals surface area contributed by atoms with Gasteiger partial charge in [-0.05, 0) is 68.0 Å². The zero-order valence-corrected chi connectivity index (χ0v) is 22.2. The average Bonchev–Trinajstić information content (AvgIpc) is 2.91. The Bertz CT molecular complexity index is 1060. The van der Waals surface area contributed by atoms with E-state index in [1.807, 2.05) is 30.9 Å². The van der Waals surface area contributed by atoms with Gasteiger partial charge in [0, 0.05) is 59.9 Å². The highest BCUT2D eigenvalue weighted by Gasteiger charge is 2.24. The first kappa shape index (κ1) is 26.2. The molecule has 1 unspecified atom stereocenters. The lowest BCUT2D eigenvalue weighted by atomic mass is 9.94. The number of rotatable bonds is 10. The topological polar surface area (TPSA) is 47.6 Å². The molecule has 0 bridgehead atoms. The van der Waals surface area contributed by atoms with Crippen LogP contribution in [-0.4, -0.2) is 61.5 Å². The Hall–Kier alpha value is -2.89. The summed E-state index contributed by atoms with van der Waals surface area (Å²) in [5, 5.41) is 7.13. The molecular formula is C31H46N4O. The van der Waals surface area contributed by atoms with E-state index >= 15 is 0 Å². The molecule has 0 aromatic heterocycles. The Morgan fingerprint density at radius 2 is 1.86 bits per heavy atom. The minimum Gasteiger partial charge on any atom is -0.385 e. The first-order valence-electron chi connectivity index (χ1n) is 13.6. The van der Waals surface area contributed by atoms with Crippen LogP contribution in [0.4, 0.5) is 5.69 Å². The molecule has 1 aliphatic heterocycles. The number of carbonyl (C=O) groups excluding carboxylic acids is 1. The molecule has 2 atom stereocenters. The lowest BCUT2D eigenvalue weighted by molar-refractivity contribution is 0.0773. The van der Waals surface area contributed by atoms with Crippen LogP contribution in [0.5, 0.6) is 0 Å². The van der Waals surface area contributed by atoms with E-state index < -0.39 is 0 Å². The molecule has 4 rings (SSSR count). The second-order valence-corrected chi connectivity index (χ2v) is 9.95. The lowest BCUT2D eigenvalue weighted by Crippen LogP contribution is -2.45. The van der Waals surface area contributed by atoms with Gasteiger partial charge in [-0.3, -0.25) is 9.69 Å². The van der Waals surface area contributed by atoms with Crippen molar-refractivity contribution in [1.29, 1.82) is 0 Å². The monoisotopic (exact) mass is 490 g/mol. The Balaban J connectivity index is 0.00000253.